The summed E-state index contributed by atoms with van der Waals surface area (Å²) < 4.78 is 7.44. The SMILES string of the molecule is CC(=O)CCC(=O)Nc1cnn(CC2CCCCO2)c1. The second kappa shape index (κ2) is 7.19. The van der Waals surface area contributed by atoms with E-state index in [9.17, 15) is 9.59 Å². The molecule has 1 fully saturated rings. The number of Topliss-reactive ketones (excluding diaryl/α,β-unsaturated/α-hetero) is 1. The lowest BCUT2D eigenvalue weighted by Crippen LogP contribution is -2.24. The van der Waals surface area contributed by atoms with Crippen molar-refractivity contribution < 1.29 is 14.3 Å². The lowest BCUT2D eigenvalue weighted by atomic mass is 10.1. The smallest absolute Gasteiger partial charge is 0.224 e. The van der Waals surface area contributed by atoms with Crippen LogP contribution in [0, 0.1) is 0 Å². The summed E-state index contributed by atoms with van der Waals surface area (Å²) in [6, 6.07) is 0. The first-order chi connectivity index (χ1) is 9.63. The molecule has 1 amide bonds. The van der Waals surface area contributed by atoms with Crippen molar-refractivity contribution in [2.45, 2.75) is 51.7 Å². The minimum Gasteiger partial charge on any atom is -0.376 e. The topological polar surface area (TPSA) is 73.2 Å². The lowest BCUT2D eigenvalue weighted by molar-refractivity contribution is -0.121. The molecule has 1 saturated heterocycles. The average Bonchev–Trinajstić information content (AvgIpc) is 2.85. The molecule has 0 aliphatic carbocycles. The van der Waals surface area contributed by atoms with Crippen molar-refractivity contribution in [2.24, 2.45) is 0 Å². The molecule has 1 unspecified atom stereocenters. The van der Waals surface area contributed by atoms with E-state index in [1.54, 1.807) is 17.1 Å². The van der Waals surface area contributed by atoms with E-state index < -0.39 is 0 Å². The number of hydrogen-bond acceptors (Lipinski definition) is 4. The maximum atomic E-state index is 11.6. The van der Waals surface area contributed by atoms with E-state index in [-0.39, 0.29) is 30.6 Å². The third kappa shape index (κ3) is 4.77. The maximum absolute atomic E-state index is 11.6. The van der Waals surface area contributed by atoms with Crippen LogP contribution < -0.4 is 5.32 Å². The van der Waals surface area contributed by atoms with E-state index in [0.717, 1.165) is 19.4 Å². The summed E-state index contributed by atoms with van der Waals surface area (Å²) in [4.78, 5) is 22.4. The standard InChI is InChI=1S/C14H21N3O3/c1-11(18)5-6-14(19)16-12-8-15-17(9-12)10-13-4-2-3-7-20-13/h8-9,13H,2-7,10H2,1H3,(H,16,19). The van der Waals surface area contributed by atoms with Crippen LogP contribution in [-0.4, -0.2) is 34.2 Å². The van der Waals surface area contributed by atoms with Crippen molar-refractivity contribution in [1.82, 2.24) is 9.78 Å². The van der Waals surface area contributed by atoms with Gasteiger partial charge in [0.15, 0.2) is 0 Å². The van der Waals surface area contributed by atoms with E-state index >= 15 is 0 Å². The van der Waals surface area contributed by atoms with Crippen molar-refractivity contribution in [1.29, 1.82) is 0 Å². The predicted octanol–water partition coefficient (Wildman–Crippen LogP) is 1.76. The molecule has 0 radical (unpaired) electrons. The number of nitrogens with one attached hydrogen (secondary N) is 1. The molecule has 1 N–H and O–H groups in total. The minimum absolute atomic E-state index is 0.0188. The van der Waals surface area contributed by atoms with Crippen LogP contribution in [0.2, 0.25) is 0 Å². The summed E-state index contributed by atoms with van der Waals surface area (Å²) in [5.41, 5.74) is 0.661. The zero-order valence-corrected chi connectivity index (χ0v) is 11.8. The third-order valence-electron chi connectivity index (χ3n) is 3.29. The highest BCUT2D eigenvalue weighted by molar-refractivity contribution is 5.92. The van der Waals surface area contributed by atoms with Crippen LogP contribution in [0.15, 0.2) is 12.4 Å². The highest BCUT2D eigenvalue weighted by Gasteiger charge is 2.15. The summed E-state index contributed by atoms with van der Waals surface area (Å²) in [7, 11) is 0. The van der Waals surface area contributed by atoms with E-state index in [0.29, 0.717) is 12.2 Å². The Kier molecular flexibility index (Phi) is 5.29. The molecule has 2 heterocycles. The number of ether oxygens (including phenoxy) is 1. The number of ketones is 1. The zero-order chi connectivity index (χ0) is 14.4. The van der Waals surface area contributed by atoms with Crippen molar-refractivity contribution in [3.8, 4) is 0 Å². The quantitative estimate of drug-likeness (QED) is 0.861. The Labute approximate surface area is 118 Å². The van der Waals surface area contributed by atoms with Crippen molar-refractivity contribution in [3.05, 3.63) is 12.4 Å². The molecule has 1 aliphatic heterocycles. The van der Waals surface area contributed by atoms with Gasteiger partial charge in [0.25, 0.3) is 0 Å². The van der Waals surface area contributed by atoms with Crippen molar-refractivity contribution >= 4 is 17.4 Å². The van der Waals surface area contributed by atoms with E-state index in [1.165, 1.54) is 13.3 Å². The van der Waals surface area contributed by atoms with Gasteiger partial charge in [0, 0.05) is 25.6 Å². The normalized spacial score (nSPS) is 18.8. The van der Waals surface area contributed by atoms with Gasteiger partial charge in [0.2, 0.25) is 5.91 Å². The van der Waals surface area contributed by atoms with Crippen LogP contribution in [0.25, 0.3) is 0 Å². The van der Waals surface area contributed by atoms with Gasteiger partial charge in [-0.3, -0.25) is 9.48 Å². The van der Waals surface area contributed by atoms with Gasteiger partial charge in [0.05, 0.1) is 24.5 Å². The third-order valence-corrected chi connectivity index (χ3v) is 3.29. The number of carbonyl (C=O) groups is 2. The Morgan fingerprint density at radius 2 is 2.30 bits per heavy atom. The van der Waals surface area contributed by atoms with Gasteiger partial charge in [-0.1, -0.05) is 0 Å². The molecule has 1 aromatic heterocycles. The second-order valence-corrected chi connectivity index (χ2v) is 5.19. The molecular weight excluding hydrogens is 258 g/mol. The van der Waals surface area contributed by atoms with Crippen LogP contribution in [0.5, 0.6) is 0 Å². The summed E-state index contributed by atoms with van der Waals surface area (Å²) in [6.45, 7) is 3.01. The first kappa shape index (κ1) is 14.7. The number of rotatable bonds is 6. The number of nitrogens with zero attached hydrogens (tertiary/aromatic N) is 2. The molecule has 1 atom stereocenters. The van der Waals surface area contributed by atoms with Gasteiger partial charge in [-0.2, -0.15) is 5.10 Å². The molecule has 110 valence electrons. The Morgan fingerprint density at radius 1 is 1.45 bits per heavy atom. The van der Waals surface area contributed by atoms with E-state index in [4.69, 9.17) is 4.74 Å². The Bertz CT molecular complexity index is 464. The number of hydrogen-bond donors (Lipinski definition) is 1. The molecule has 0 bridgehead atoms. The van der Waals surface area contributed by atoms with E-state index in [2.05, 4.69) is 10.4 Å². The molecule has 20 heavy (non-hydrogen) atoms. The maximum Gasteiger partial charge on any atom is 0.224 e. The van der Waals surface area contributed by atoms with Crippen molar-refractivity contribution in [2.75, 3.05) is 11.9 Å². The molecular formula is C14H21N3O3. The predicted molar refractivity (Wildman–Crippen MR) is 74.4 cm³/mol. The Balaban J connectivity index is 1.79. The summed E-state index contributed by atoms with van der Waals surface area (Å²) in [5.74, 6) is -0.140. The summed E-state index contributed by atoms with van der Waals surface area (Å²) in [6.07, 6.45) is 7.50. The first-order valence-electron chi connectivity index (χ1n) is 7.07. The average molecular weight is 279 g/mol. The molecule has 1 aromatic rings. The molecule has 0 spiro atoms. The lowest BCUT2D eigenvalue weighted by Gasteiger charge is -2.22. The molecule has 6 heteroatoms. The number of carbonyl (C=O) groups excluding carboxylic acids is 2. The number of aromatic nitrogens is 2. The molecule has 6 nitrogen and oxygen atoms in total. The number of anilines is 1. The Morgan fingerprint density at radius 3 is 3.00 bits per heavy atom. The first-order valence-corrected chi connectivity index (χ1v) is 7.07. The van der Waals surface area contributed by atoms with Gasteiger partial charge in [-0.05, 0) is 26.2 Å². The summed E-state index contributed by atoms with van der Waals surface area (Å²) >= 11 is 0. The van der Waals surface area contributed by atoms with Crippen molar-refractivity contribution in [3.63, 3.8) is 0 Å². The number of amides is 1. The van der Waals surface area contributed by atoms with Crippen LogP contribution in [0.3, 0.4) is 0 Å². The molecule has 2 rings (SSSR count). The zero-order valence-electron chi connectivity index (χ0n) is 11.8. The highest BCUT2D eigenvalue weighted by atomic mass is 16.5. The molecule has 0 aromatic carbocycles. The van der Waals surface area contributed by atoms with Gasteiger partial charge >= 0.3 is 0 Å². The largest absolute Gasteiger partial charge is 0.376 e. The van der Waals surface area contributed by atoms with E-state index in [1.807, 2.05) is 0 Å². The summed E-state index contributed by atoms with van der Waals surface area (Å²) in [5, 5.41) is 6.95. The fourth-order valence-corrected chi connectivity index (χ4v) is 2.20. The molecule has 1 aliphatic rings. The second-order valence-electron chi connectivity index (χ2n) is 5.19. The van der Waals surface area contributed by atoms with Crippen LogP contribution in [0.4, 0.5) is 5.69 Å². The molecule has 0 saturated carbocycles. The van der Waals surface area contributed by atoms with Crippen LogP contribution in [-0.2, 0) is 20.9 Å². The van der Waals surface area contributed by atoms with Crippen LogP contribution in [0.1, 0.15) is 39.0 Å². The Hall–Kier alpha value is -1.69. The van der Waals surface area contributed by atoms with Crippen LogP contribution >= 0.6 is 0 Å². The van der Waals surface area contributed by atoms with Gasteiger partial charge in [-0.25, -0.2) is 0 Å². The fraction of sp³-hybridized carbons (Fsp3) is 0.643. The highest BCUT2D eigenvalue weighted by Crippen LogP contribution is 2.15. The fourth-order valence-electron chi connectivity index (χ4n) is 2.20. The van der Waals surface area contributed by atoms with Gasteiger partial charge < -0.3 is 14.8 Å². The van der Waals surface area contributed by atoms with Gasteiger partial charge in [0.1, 0.15) is 5.78 Å². The van der Waals surface area contributed by atoms with Gasteiger partial charge in [-0.15, -0.1) is 0 Å². The minimum atomic E-state index is -0.159. The monoisotopic (exact) mass is 279 g/mol.